The zero-order valence-electron chi connectivity index (χ0n) is 11.1. The summed E-state index contributed by atoms with van der Waals surface area (Å²) in [4.78, 5) is 0. The minimum absolute atomic E-state index is 0.0461. The molecule has 0 aromatic heterocycles. The van der Waals surface area contributed by atoms with Gasteiger partial charge in [-0.1, -0.05) is 0 Å². The maximum absolute atomic E-state index is 13.2. The molecule has 1 aliphatic heterocycles. The van der Waals surface area contributed by atoms with E-state index in [0.29, 0.717) is 11.4 Å². The van der Waals surface area contributed by atoms with Gasteiger partial charge in [0.05, 0.1) is 17.9 Å². The van der Waals surface area contributed by atoms with Gasteiger partial charge in [-0.15, -0.1) is 0 Å². The summed E-state index contributed by atoms with van der Waals surface area (Å²) in [5, 5.41) is 0. The Morgan fingerprint density at radius 3 is 2.53 bits per heavy atom. The zero-order valence-corrected chi connectivity index (χ0v) is 11.1. The van der Waals surface area contributed by atoms with Crippen LogP contribution in [0.2, 0.25) is 0 Å². The second-order valence-electron chi connectivity index (χ2n) is 5.61. The largest absolute Gasteiger partial charge is 0.488 e. The Morgan fingerprint density at radius 1 is 1.26 bits per heavy atom. The van der Waals surface area contributed by atoms with Crippen LogP contribution in [0.5, 0.6) is 5.75 Å². The van der Waals surface area contributed by atoms with Gasteiger partial charge in [-0.05, 0) is 26.0 Å². The van der Waals surface area contributed by atoms with Crippen LogP contribution in [0.4, 0.5) is 10.1 Å². The molecule has 3 rings (SSSR count). The average Bonchev–Trinajstić information content (AvgIpc) is 2.76. The third kappa shape index (κ3) is 2.53. The normalized spacial score (nSPS) is 32.3. The van der Waals surface area contributed by atoms with Crippen molar-refractivity contribution < 1.29 is 18.6 Å². The van der Waals surface area contributed by atoms with Gasteiger partial charge in [0.2, 0.25) is 0 Å². The van der Waals surface area contributed by atoms with Crippen LogP contribution in [0.3, 0.4) is 0 Å². The number of fused-ring (bicyclic) bond motifs is 1. The van der Waals surface area contributed by atoms with E-state index in [0.717, 1.165) is 12.8 Å². The van der Waals surface area contributed by atoms with Gasteiger partial charge in [0.15, 0.2) is 5.79 Å². The number of ether oxygens (including phenoxy) is 3. The zero-order chi connectivity index (χ0) is 13.6. The number of hydrogen-bond donors (Lipinski definition) is 1. The van der Waals surface area contributed by atoms with Crippen molar-refractivity contribution in [2.75, 3.05) is 5.73 Å². The SMILES string of the molecule is CC1(C)O[C@H]2CC(Oc3cc(F)ccc3N)C[C@H]2O1. The summed E-state index contributed by atoms with van der Waals surface area (Å²) in [5.74, 6) is -0.474. The molecule has 1 saturated heterocycles. The van der Waals surface area contributed by atoms with Gasteiger partial charge in [0, 0.05) is 18.9 Å². The van der Waals surface area contributed by atoms with E-state index in [1.54, 1.807) is 0 Å². The molecule has 1 saturated carbocycles. The molecular weight excluding hydrogens is 249 g/mol. The van der Waals surface area contributed by atoms with E-state index < -0.39 is 5.79 Å². The lowest BCUT2D eigenvalue weighted by atomic mass is 10.2. The van der Waals surface area contributed by atoms with Crippen molar-refractivity contribution in [2.45, 2.75) is 50.8 Å². The standard InChI is InChI=1S/C14H18FNO3/c1-14(2)18-12-6-9(7-13(12)19-14)17-11-5-8(15)3-4-10(11)16/h3-5,9,12-13H,6-7,16H2,1-2H3/t9?,12-,13+. The van der Waals surface area contributed by atoms with Crippen molar-refractivity contribution in [2.24, 2.45) is 0 Å². The summed E-state index contributed by atoms with van der Waals surface area (Å²) in [6.45, 7) is 3.82. The predicted molar refractivity (Wildman–Crippen MR) is 68.3 cm³/mol. The van der Waals surface area contributed by atoms with Crippen molar-refractivity contribution >= 4 is 5.69 Å². The quantitative estimate of drug-likeness (QED) is 0.836. The van der Waals surface area contributed by atoms with E-state index in [-0.39, 0.29) is 24.1 Å². The molecule has 0 bridgehead atoms. The molecule has 104 valence electrons. The first kappa shape index (κ1) is 12.7. The maximum Gasteiger partial charge on any atom is 0.163 e. The Balaban J connectivity index is 1.66. The second-order valence-corrected chi connectivity index (χ2v) is 5.61. The lowest BCUT2D eigenvalue weighted by molar-refractivity contribution is -0.155. The first-order valence-corrected chi connectivity index (χ1v) is 6.50. The van der Waals surface area contributed by atoms with E-state index in [1.165, 1.54) is 18.2 Å². The molecule has 0 spiro atoms. The first-order chi connectivity index (χ1) is 8.93. The third-order valence-electron chi connectivity index (χ3n) is 3.54. The number of anilines is 1. The lowest BCUT2D eigenvalue weighted by Gasteiger charge is -2.21. The van der Waals surface area contributed by atoms with Crippen LogP contribution >= 0.6 is 0 Å². The summed E-state index contributed by atoms with van der Waals surface area (Å²) in [6.07, 6.45) is 1.54. The number of nitrogens with two attached hydrogens (primary N) is 1. The third-order valence-corrected chi connectivity index (χ3v) is 3.54. The van der Waals surface area contributed by atoms with Gasteiger partial charge in [0.25, 0.3) is 0 Å². The highest BCUT2D eigenvalue weighted by atomic mass is 19.1. The number of rotatable bonds is 2. The van der Waals surface area contributed by atoms with Crippen LogP contribution in [0.25, 0.3) is 0 Å². The molecule has 1 aromatic carbocycles. The topological polar surface area (TPSA) is 53.7 Å². The molecule has 1 aromatic rings. The predicted octanol–water partition coefficient (Wildman–Crippen LogP) is 2.47. The van der Waals surface area contributed by atoms with E-state index in [1.807, 2.05) is 13.8 Å². The Labute approximate surface area is 111 Å². The minimum Gasteiger partial charge on any atom is -0.488 e. The van der Waals surface area contributed by atoms with Gasteiger partial charge in [0.1, 0.15) is 17.7 Å². The molecule has 19 heavy (non-hydrogen) atoms. The molecule has 4 nitrogen and oxygen atoms in total. The van der Waals surface area contributed by atoms with Gasteiger partial charge in [-0.2, -0.15) is 0 Å². The van der Waals surface area contributed by atoms with Gasteiger partial charge < -0.3 is 19.9 Å². The fourth-order valence-electron chi connectivity index (χ4n) is 2.81. The fourth-order valence-corrected chi connectivity index (χ4v) is 2.81. The fraction of sp³-hybridized carbons (Fsp3) is 0.571. The summed E-state index contributed by atoms with van der Waals surface area (Å²) in [6, 6.07) is 4.14. The summed E-state index contributed by atoms with van der Waals surface area (Å²) >= 11 is 0. The van der Waals surface area contributed by atoms with E-state index in [2.05, 4.69) is 0 Å². The molecule has 2 aliphatic rings. The highest BCUT2D eigenvalue weighted by Crippen LogP contribution is 2.40. The highest BCUT2D eigenvalue weighted by Gasteiger charge is 2.48. The number of hydrogen-bond acceptors (Lipinski definition) is 4. The van der Waals surface area contributed by atoms with Crippen LogP contribution in [0.1, 0.15) is 26.7 Å². The van der Waals surface area contributed by atoms with Crippen molar-refractivity contribution in [3.8, 4) is 5.75 Å². The minimum atomic E-state index is -0.516. The Bertz CT molecular complexity index is 476. The number of benzene rings is 1. The van der Waals surface area contributed by atoms with E-state index >= 15 is 0 Å². The Morgan fingerprint density at radius 2 is 1.89 bits per heavy atom. The molecule has 1 unspecified atom stereocenters. The van der Waals surface area contributed by atoms with Crippen LogP contribution in [-0.2, 0) is 9.47 Å². The van der Waals surface area contributed by atoms with Crippen LogP contribution in [-0.4, -0.2) is 24.1 Å². The van der Waals surface area contributed by atoms with Crippen molar-refractivity contribution in [1.29, 1.82) is 0 Å². The Hall–Kier alpha value is -1.33. The number of halogens is 1. The maximum atomic E-state index is 13.2. The van der Waals surface area contributed by atoms with Gasteiger partial charge in [-0.3, -0.25) is 0 Å². The lowest BCUT2D eigenvalue weighted by Crippen LogP contribution is -2.25. The average molecular weight is 267 g/mol. The smallest absolute Gasteiger partial charge is 0.163 e. The summed E-state index contributed by atoms with van der Waals surface area (Å²) in [5.41, 5.74) is 6.22. The van der Waals surface area contributed by atoms with Crippen LogP contribution < -0.4 is 10.5 Å². The molecular formula is C14H18FNO3. The van der Waals surface area contributed by atoms with E-state index in [4.69, 9.17) is 19.9 Å². The van der Waals surface area contributed by atoms with Gasteiger partial charge >= 0.3 is 0 Å². The van der Waals surface area contributed by atoms with Crippen molar-refractivity contribution in [3.63, 3.8) is 0 Å². The second kappa shape index (κ2) is 4.35. The van der Waals surface area contributed by atoms with Crippen LogP contribution in [0.15, 0.2) is 18.2 Å². The van der Waals surface area contributed by atoms with E-state index in [9.17, 15) is 4.39 Å². The Kier molecular flexibility index (Phi) is 2.91. The van der Waals surface area contributed by atoms with Crippen LogP contribution in [0, 0.1) is 5.82 Å². The molecule has 3 atom stereocenters. The monoisotopic (exact) mass is 267 g/mol. The highest BCUT2D eigenvalue weighted by molar-refractivity contribution is 5.52. The van der Waals surface area contributed by atoms with Gasteiger partial charge in [-0.25, -0.2) is 4.39 Å². The molecule has 0 amide bonds. The van der Waals surface area contributed by atoms with Crippen molar-refractivity contribution in [1.82, 2.24) is 0 Å². The summed E-state index contributed by atoms with van der Waals surface area (Å²) < 4.78 is 30.5. The first-order valence-electron chi connectivity index (χ1n) is 6.50. The molecule has 1 aliphatic carbocycles. The van der Waals surface area contributed by atoms with Crippen molar-refractivity contribution in [3.05, 3.63) is 24.0 Å². The molecule has 2 N–H and O–H groups in total. The molecule has 2 fully saturated rings. The summed E-state index contributed by atoms with van der Waals surface area (Å²) in [7, 11) is 0. The molecule has 0 radical (unpaired) electrons. The molecule has 1 heterocycles. The number of nitrogen functional groups attached to an aromatic ring is 1. The molecule has 5 heteroatoms.